The van der Waals surface area contributed by atoms with Crippen molar-refractivity contribution in [3.8, 4) is 17.3 Å². The predicted octanol–water partition coefficient (Wildman–Crippen LogP) is 1.93. The Morgan fingerprint density at radius 3 is 2.62 bits per heavy atom. The molecular weight excluding hydrogens is 268 g/mol. The van der Waals surface area contributed by atoms with Gasteiger partial charge in [-0.15, -0.1) is 0 Å². The molecule has 1 aromatic heterocycles. The molecule has 1 unspecified atom stereocenters. The molecule has 0 saturated carbocycles. The Labute approximate surface area is 121 Å². The van der Waals surface area contributed by atoms with E-state index in [-0.39, 0.29) is 23.8 Å². The van der Waals surface area contributed by atoms with Gasteiger partial charge in [0, 0.05) is 23.7 Å². The van der Waals surface area contributed by atoms with Crippen LogP contribution in [0.4, 0.5) is 5.69 Å². The number of rotatable bonds is 4. The van der Waals surface area contributed by atoms with Gasteiger partial charge in [-0.2, -0.15) is 10.4 Å². The average molecular weight is 282 g/mol. The normalized spacial score (nSPS) is 11.4. The van der Waals surface area contributed by atoms with Gasteiger partial charge in [0.1, 0.15) is 0 Å². The maximum Gasteiger partial charge on any atom is 0.264 e. The van der Waals surface area contributed by atoms with Crippen molar-refractivity contribution in [1.82, 2.24) is 10.2 Å². The summed E-state index contributed by atoms with van der Waals surface area (Å²) in [7, 11) is 0. The summed E-state index contributed by atoms with van der Waals surface area (Å²) in [6.07, 6.45) is 0.166. The molecule has 0 radical (unpaired) electrons. The van der Waals surface area contributed by atoms with Crippen molar-refractivity contribution in [3.63, 3.8) is 0 Å². The molecule has 21 heavy (non-hydrogen) atoms. The minimum absolute atomic E-state index is 0.166. The average Bonchev–Trinajstić information content (AvgIpc) is 2.48. The molecule has 0 aliphatic heterocycles. The first-order valence-corrected chi connectivity index (χ1v) is 6.44. The van der Waals surface area contributed by atoms with E-state index in [1.165, 1.54) is 6.07 Å². The minimum atomic E-state index is -0.311. The number of carbonyl (C=O) groups is 1. The molecule has 0 aliphatic rings. The second-order valence-electron chi connectivity index (χ2n) is 4.67. The predicted molar refractivity (Wildman–Crippen MR) is 78.3 cm³/mol. The van der Waals surface area contributed by atoms with Crippen LogP contribution in [-0.2, 0) is 4.79 Å². The second-order valence-corrected chi connectivity index (χ2v) is 4.67. The molecule has 0 fully saturated rings. The Morgan fingerprint density at radius 2 is 2.05 bits per heavy atom. The molecule has 1 atom stereocenters. The molecule has 1 amide bonds. The third kappa shape index (κ3) is 4.01. The summed E-state index contributed by atoms with van der Waals surface area (Å²) in [5, 5.41) is 17.7. The highest BCUT2D eigenvalue weighted by Crippen LogP contribution is 2.18. The highest BCUT2D eigenvalue weighted by Gasteiger charge is 2.08. The SMILES string of the molecule is CC(C#N)CC(=O)Nc1ccc(-c2ccc(=O)[nH]n2)cc1. The molecule has 6 nitrogen and oxygen atoms in total. The van der Waals surface area contributed by atoms with Gasteiger partial charge in [0.2, 0.25) is 5.91 Å². The van der Waals surface area contributed by atoms with Crippen molar-refractivity contribution in [1.29, 1.82) is 5.26 Å². The summed E-state index contributed by atoms with van der Waals surface area (Å²) in [4.78, 5) is 22.6. The first kappa shape index (κ1) is 14.5. The molecule has 0 aliphatic carbocycles. The molecule has 1 heterocycles. The smallest absolute Gasteiger partial charge is 0.264 e. The number of hydrogen-bond acceptors (Lipinski definition) is 4. The topological polar surface area (TPSA) is 98.6 Å². The van der Waals surface area contributed by atoms with Crippen molar-refractivity contribution in [2.75, 3.05) is 5.32 Å². The van der Waals surface area contributed by atoms with E-state index in [0.29, 0.717) is 11.4 Å². The van der Waals surface area contributed by atoms with Gasteiger partial charge in [-0.05, 0) is 25.1 Å². The van der Waals surface area contributed by atoms with Crippen LogP contribution in [0.2, 0.25) is 0 Å². The third-order valence-corrected chi connectivity index (χ3v) is 2.86. The van der Waals surface area contributed by atoms with Gasteiger partial charge < -0.3 is 5.32 Å². The van der Waals surface area contributed by atoms with E-state index in [2.05, 4.69) is 15.5 Å². The third-order valence-electron chi connectivity index (χ3n) is 2.86. The number of benzene rings is 1. The lowest BCUT2D eigenvalue weighted by Crippen LogP contribution is -2.14. The fourth-order valence-corrected chi connectivity index (χ4v) is 1.77. The van der Waals surface area contributed by atoms with Crippen LogP contribution in [0.25, 0.3) is 11.3 Å². The standard InChI is InChI=1S/C15H14N4O2/c1-10(9-16)8-15(21)17-12-4-2-11(3-5-12)13-6-7-14(20)19-18-13/h2-7,10H,8H2,1H3,(H,17,21)(H,19,20). The molecule has 1 aromatic carbocycles. The Kier molecular flexibility index (Phi) is 4.46. The molecule has 0 saturated heterocycles. The fraction of sp³-hybridized carbons (Fsp3) is 0.200. The number of aromatic amines is 1. The molecular formula is C15H14N4O2. The van der Waals surface area contributed by atoms with E-state index in [0.717, 1.165) is 5.56 Å². The summed E-state index contributed by atoms with van der Waals surface area (Å²) < 4.78 is 0. The Balaban J connectivity index is 2.05. The van der Waals surface area contributed by atoms with E-state index >= 15 is 0 Å². The van der Waals surface area contributed by atoms with E-state index < -0.39 is 0 Å². The quantitative estimate of drug-likeness (QED) is 0.895. The molecule has 0 bridgehead atoms. The van der Waals surface area contributed by atoms with Gasteiger partial charge in [-0.3, -0.25) is 9.59 Å². The molecule has 2 N–H and O–H groups in total. The number of nitrogens with one attached hydrogen (secondary N) is 2. The number of hydrogen-bond donors (Lipinski definition) is 2. The number of anilines is 1. The largest absolute Gasteiger partial charge is 0.326 e. The van der Waals surface area contributed by atoms with Gasteiger partial charge in [0.25, 0.3) is 5.56 Å². The molecule has 2 rings (SSSR count). The van der Waals surface area contributed by atoms with Gasteiger partial charge in [-0.1, -0.05) is 12.1 Å². The first-order valence-electron chi connectivity index (χ1n) is 6.44. The van der Waals surface area contributed by atoms with Gasteiger partial charge >= 0.3 is 0 Å². The monoisotopic (exact) mass is 282 g/mol. The number of nitrogens with zero attached hydrogens (tertiary/aromatic N) is 2. The van der Waals surface area contributed by atoms with Crippen molar-refractivity contribution in [3.05, 3.63) is 46.8 Å². The first-order chi connectivity index (χ1) is 10.1. The summed E-state index contributed by atoms with van der Waals surface area (Å²) in [6, 6.07) is 12.1. The van der Waals surface area contributed by atoms with Crippen LogP contribution in [0.1, 0.15) is 13.3 Å². The zero-order valence-electron chi connectivity index (χ0n) is 11.5. The lowest BCUT2D eigenvalue weighted by Gasteiger charge is -2.07. The van der Waals surface area contributed by atoms with Crippen molar-refractivity contribution < 1.29 is 4.79 Å². The number of nitriles is 1. The van der Waals surface area contributed by atoms with E-state index in [4.69, 9.17) is 5.26 Å². The Bertz CT molecular complexity index is 708. The Hall–Kier alpha value is -2.94. The highest BCUT2D eigenvalue weighted by atomic mass is 16.1. The maximum atomic E-state index is 11.7. The van der Waals surface area contributed by atoms with Crippen LogP contribution in [0.5, 0.6) is 0 Å². The number of aromatic nitrogens is 2. The lowest BCUT2D eigenvalue weighted by molar-refractivity contribution is -0.116. The van der Waals surface area contributed by atoms with Gasteiger partial charge in [0.15, 0.2) is 0 Å². The zero-order chi connectivity index (χ0) is 15.2. The highest BCUT2D eigenvalue weighted by molar-refractivity contribution is 5.91. The van der Waals surface area contributed by atoms with Gasteiger partial charge in [0.05, 0.1) is 17.7 Å². The molecule has 6 heteroatoms. The molecule has 2 aromatic rings. The van der Waals surface area contributed by atoms with Crippen molar-refractivity contribution in [2.24, 2.45) is 5.92 Å². The second kappa shape index (κ2) is 6.48. The molecule has 106 valence electrons. The number of carbonyl (C=O) groups excluding carboxylic acids is 1. The van der Waals surface area contributed by atoms with Crippen LogP contribution in [-0.4, -0.2) is 16.1 Å². The summed E-state index contributed by atoms with van der Waals surface area (Å²) in [5.74, 6) is -0.506. The van der Waals surface area contributed by atoms with Gasteiger partial charge in [-0.25, -0.2) is 5.10 Å². The Morgan fingerprint density at radius 1 is 1.33 bits per heavy atom. The van der Waals surface area contributed by atoms with Crippen molar-refractivity contribution >= 4 is 11.6 Å². The van der Waals surface area contributed by atoms with Crippen LogP contribution in [0.15, 0.2) is 41.2 Å². The lowest BCUT2D eigenvalue weighted by atomic mass is 10.1. The number of amides is 1. The summed E-state index contributed by atoms with van der Waals surface area (Å²) in [6.45, 7) is 1.70. The van der Waals surface area contributed by atoms with E-state index in [1.54, 1.807) is 37.3 Å². The summed E-state index contributed by atoms with van der Waals surface area (Å²) >= 11 is 0. The van der Waals surface area contributed by atoms with Crippen LogP contribution in [0, 0.1) is 17.2 Å². The number of H-pyrrole nitrogens is 1. The molecule has 0 spiro atoms. The van der Waals surface area contributed by atoms with Crippen LogP contribution >= 0.6 is 0 Å². The summed E-state index contributed by atoms with van der Waals surface area (Å²) in [5.41, 5.74) is 1.87. The van der Waals surface area contributed by atoms with E-state index in [9.17, 15) is 9.59 Å². The fourth-order valence-electron chi connectivity index (χ4n) is 1.77. The van der Waals surface area contributed by atoms with Crippen LogP contribution in [0.3, 0.4) is 0 Å². The van der Waals surface area contributed by atoms with Crippen molar-refractivity contribution in [2.45, 2.75) is 13.3 Å². The minimum Gasteiger partial charge on any atom is -0.326 e. The van der Waals surface area contributed by atoms with Crippen LogP contribution < -0.4 is 10.9 Å². The maximum absolute atomic E-state index is 11.7. The van der Waals surface area contributed by atoms with E-state index in [1.807, 2.05) is 6.07 Å². The zero-order valence-corrected chi connectivity index (χ0v) is 11.5.